The minimum atomic E-state index is 0.167. The van der Waals surface area contributed by atoms with Gasteiger partial charge in [0.25, 0.3) is 0 Å². The van der Waals surface area contributed by atoms with Crippen LogP contribution < -0.4 is 5.73 Å². The highest BCUT2D eigenvalue weighted by Crippen LogP contribution is 2.46. The van der Waals surface area contributed by atoms with Crippen LogP contribution in [0.25, 0.3) is 0 Å². The van der Waals surface area contributed by atoms with Gasteiger partial charge in [-0.15, -0.1) is 0 Å². The lowest BCUT2D eigenvalue weighted by molar-refractivity contribution is -0.0280. The molecule has 0 heterocycles. The standard InChI is InChI=1S/C18H30N2/c1-17(2)12-7-8-13-18(17,15-19)20(3)14-11-16-9-5-4-6-10-16/h4-6,9-10H,7-8,11-15,19H2,1-3H3. The van der Waals surface area contributed by atoms with E-state index in [4.69, 9.17) is 5.73 Å². The monoisotopic (exact) mass is 274 g/mol. The Morgan fingerprint density at radius 1 is 1.10 bits per heavy atom. The molecule has 1 aliphatic rings. The van der Waals surface area contributed by atoms with E-state index >= 15 is 0 Å². The van der Waals surface area contributed by atoms with Crippen LogP contribution in [0.2, 0.25) is 0 Å². The third-order valence-corrected chi connectivity index (χ3v) is 5.55. The van der Waals surface area contributed by atoms with Crippen molar-refractivity contribution in [2.45, 2.75) is 51.5 Å². The van der Waals surface area contributed by atoms with E-state index in [0.29, 0.717) is 5.41 Å². The van der Waals surface area contributed by atoms with Crippen LogP contribution in [-0.4, -0.2) is 30.6 Å². The van der Waals surface area contributed by atoms with Gasteiger partial charge in [-0.3, -0.25) is 4.90 Å². The fourth-order valence-corrected chi connectivity index (χ4v) is 3.95. The predicted octanol–water partition coefficient (Wildman–Crippen LogP) is 3.46. The summed E-state index contributed by atoms with van der Waals surface area (Å²) >= 11 is 0. The lowest BCUT2D eigenvalue weighted by atomic mass is 9.62. The molecule has 2 rings (SSSR count). The summed E-state index contributed by atoms with van der Waals surface area (Å²) in [5, 5.41) is 0. The number of rotatable bonds is 5. The van der Waals surface area contributed by atoms with Crippen molar-refractivity contribution < 1.29 is 0 Å². The van der Waals surface area contributed by atoms with E-state index < -0.39 is 0 Å². The molecule has 2 heteroatoms. The summed E-state index contributed by atoms with van der Waals surface area (Å²) in [4.78, 5) is 2.54. The van der Waals surface area contributed by atoms with E-state index in [9.17, 15) is 0 Å². The number of nitrogens with two attached hydrogens (primary N) is 1. The van der Waals surface area contributed by atoms with Gasteiger partial charge in [-0.25, -0.2) is 0 Å². The highest BCUT2D eigenvalue weighted by atomic mass is 15.2. The minimum absolute atomic E-state index is 0.167. The van der Waals surface area contributed by atoms with E-state index in [2.05, 4.69) is 56.1 Å². The third kappa shape index (κ3) is 2.91. The highest BCUT2D eigenvalue weighted by Gasteiger charge is 2.47. The Hall–Kier alpha value is -0.860. The number of nitrogens with zero attached hydrogens (tertiary/aromatic N) is 1. The smallest absolute Gasteiger partial charge is 0.0379 e. The van der Waals surface area contributed by atoms with Gasteiger partial charge < -0.3 is 5.73 Å². The largest absolute Gasteiger partial charge is 0.329 e. The van der Waals surface area contributed by atoms with Crippen LogP contribution in [0.5, 0.6) is 0 Å². The van der Waals surface area contributed by atoms with Crippen molar-refractivity contribution in [3.05, 3.63) is 35.9 Å². The normalized spacial score (nSPS) is 25.9. The van der Waals surface area contributed by atoms with Crippen LogP contribution in [-0.2, 0) is 6.42 Å². The second kappa shape index (κ2) is 6.28. The summed E-state index contributed by atoms with van der Waals surface area (Å²) in [5.41, 5.74) is 8.14. The summed E-state index contributed by atoms with van der Waals surface area (Å²) in [5.74, 6) is 0. The molecule has 0 spiro atoms. The SMILES string of the molecule is CN(CCc1ccccc1)C1(CN)CCCCC1(C)C. The van der Waals surface area contributed by atoms with Gasteiger partial charge in [-0.2, -0.15) is 0 Å². The Kier molecular flexibility index (Phi) is 4.87. The summed E-state index contributed by atoms with van der Waals surface area (Å²) in [6.45, 7) is 6.66. The van der Waals surface area contributed by atoms with Gasteiger partial charge in [-0.05, 0) is 37.3 Å². The van der Waals surface area contributed by atoms with E-state index in [1.165, 1.54) is 31.2 Å². The number of hydrogen-bond donors (Lipinski definition) is 1. The van der Waals surface area contributed by atoms with Gasteiger partial charge >= 0.3 is 0 Å². The van der Waals surface area contributed by atoms with Crippen LogP contribution in [0.4, 0.5) is 0 Å². The van der Waals surface area contributed by atoms with Crippen molar-refractivity contribution >= 4 is 0 Å². The van der Waals surface area contributed by atoms with Gasteiger partial charge in [0.15, 0.2) is 0 Å². The Morgan fingerprint density at radius 2 is 1.75 bits per heavy atom. The first kappa shape index (κ1) is 15.5. The van der Waals surface area contributed by atoms with Crippen molar-refractivity contribution in [2.24, 2.45) is 11.1 Å². The molecule has 1 aromatic rings. The second-order valence-corrected chi connectivity index (χ2v) is 6.98. The van der Waals surface area contributed by atoms with Gasteiger partial charge in [0.1, 0.15) is 0 Å². The van der Waals surface area contributed by atoms with E-state index in [1.807, 2.05) is 0 Å². The number of benzene rings is 1. The first-order chi connectivity index (χ1) is 9.52. The van der Waals surface area contributed by atoms with Crippen LogP contribution in [0.3, 0.4) is 0 Å². The topological polar surface area (TPSA) is 29.3 Å². The van der Waals surface area contributed by atoms with E-state index in [0.717, 1.165) is 19.5 Å². The molecule has 112 valence electrons. The molecule has 1 fully saturated rings. The van der Waals surface area contributed by atoms with Crippen LogP contribution in [0.15, 0.2) is 30.3 Å². The lowest BCUT2D eigenvalue weighted by Crippen LogP contribution is -2.62. The molecule has 0 amide bonds. The Balaban J connectivity index is 2.06. The van der Waals surface area contributed by atoms with Crippen molar-refractivity contribution in [1.29, 1.82) is 0 Å². The van der Waals surface area contributed by atoms with Gasteiger partial charge in [0.05, 0.1) is 0 Å². The fourth-order valence-electron chi connectivity index (χ4n) is 3.95. The molecule has 2 N–H and O–H groups in total. The molecule has 20 heavy (non-hydrogen) atoms. The maximum absolute atomic E-state index is 6.24. The molecule has 0 aromatic heterocycles. The highest BCUT2D eigenvalue weighted by molar-refractivity contribution is 5.15. The average Bonchev–Trinajstić information content (AvgIpc) is 2.46. The van der Waals surface area contributed by atoms with Gasteiger partial charge in [0.2, 0.25) is 0 Å². The Morgan fingerprint density at radius 3 is 2.35 bits per heavy atom. The molecule has 1 aliphatic carbocycles. The third-order valence-electron chi connectivity index (χ3n) is 5.55. The molecule has 1 saturated carbocycles. The zero-order chi connectivity index (χ0) is 14.6. The van der Waals surface area contributed by atoms with Crippen LogP contribution >= 0.6 is 0 Å². The second-order valence-electron chi connectivity index (χ2n) is 6.98. The number of hydrogen-bond acceptors (Lipinski definition) is 2. The lowest BCUT2D eigenvalue weighted by Gasteiger charge is -2.55. The molecule has 0 saturated heterocycles. The molecule has 0 bridgehead atoms. The van der Waals surface area contributed by atoms with E-state index in [1.54, 1.807) is 0 Å². The fraction of sp³-hybridized carbons (Fsp3) is 0.667. The predicted molar refractivity (Wildman–Crippen MR) is 86.8 cm³/mol. The summed E-state index contributed by atoms with van der Waals surface area (Å²) < 4.78 is 0. The van der Waals surface area contributed by atoms with Gasteiger partial charge in [-0.1, -0.05) is 57.0 Å². The first-order valence-corrected chi connectivity index (χ1v) is 7.97. The maximum atomic E-state index is 6.24. The molecule has 0 aliphatic heterocycles. The van der Waals surface area contributed by atoms with Crippen LogP contribution in [0.1, 0.15) is 45.1 Å². The maximum Gasteiger partial charge on any atom is 0.0379 e. The number of likely N-dealkylation sites (N-methyl/N-ethyl adjacent to an activating group) is 1. The Labute approximate surface area is 124 Å². The molecular weight excluding hydrogens is 244 g/mol. The Bertz CT molecular complexity index is 413. The average molecular weight is 274 g/mol. The molecular formula is C18H30N2. The summed E-state index contributed by atoms with van der Waals surface area (Å²) in [6, 6.07) is 10.8. The molecule has 1 aromatic carbocycles. The van der Waals surface area contributed by atoms with E-state index in [-0.39, 0.29) is 5.54 Å². The zero-order valence-corrected chi connectivity index (χ0v) is 13.4. The molecule has 0 radical (unpaired) electrons. The molecule has 1 unspecified atom stereocenters. The zero-order valence-electron chi connectivity index (χ0n) is 13.4. The molecule has 2 nitrogen and oxygen atoms in total. The quantitative estimate of drug-likeness (QED) is 0.891. The van der Waals surface area contributed by atoms with Gasteiger partial charge in [0, 0.05) is 18.6 Å². The van der Waals surface area contributed by atoms with Crippen molar-refractivity contribution in [3.8, 4) is 0 Å². The summed E-state index contributed by atoms with van der Waals surface area (Å²) in [6.07, 6.45) is 6.30. The minimum Gasteiger partial charge on any atom is -0.329 e. The summed E-state index contributed by atoms with van der Waals surface area (Å²) in [7, 11) is 2.27. The van der Waals surface area contributed by atoms with Crippen molar-refractivity contribution in [3.63, 3.8) is 0 Å². The molecule has 1 atom stereocenters. The first-order valence-electron chi connectivity index (χ1n) is 7.97. The van der Waals surface area contributed by atoms with Crippen molar-refractivity contribution in [1.82, 2.24) is 4.90 Å². The van der Waals surface area contributed by atoms with Crippen molar-refractivity contribution in [2.75, 3.05) is 20.1 Å². The van der Waals surface area contributed by atoms with Crippen LogP contribution in [0, 0.1) is 5.41 Å².